The van der Waals surface area contributed by atoms with Crippen molar-refractivity contribution >= 4 is 11.6 Å². The molecule has 1 aromatic rings. The normalized spacial score (nSPS) is 11.2. The molecule has 0 aliphatic rings. The number of aliphatic imine (C=N–C) groups is 1. The Labute approximate surface area is 83.4 Å². The smallest absolute Gasteiger partial charge is 0.210 e. The SMILES string of the molecule is CCN=C(NN)Nc1cnccc1C. The van der Waals surface area contributed by atoms with Crippen molar-refractivity contribution in [2.45, 2.75) is 13.8 Å². The number of nitrogens with two attached hydrogens (primary N) is 1. The summed E-state index contributed by atoms with van der Waals surface area (Å²) in [7, 11) is 0. The molecule has 1 heterocycles. The molecule has 0 aliphatic carbocycles. The highest BCUT2D eigenvalue weighted by atomic mass is 15.3. The van der Waals surface area contributed by atoms with E-state index in [1.54, 1.807) is 12.4 Å². The highest BCUT2D eigenvalue weighted by Crippen LogP contribution is 2.10. The van der Waals surface area contributed by atoms with Gasteiger partial charge in [0, 0.05) is 12.7 Å². The Balaban J connectivity index is 2.77. The maximum Gasteiger partial charge on any atom is 0.210 e. The van der Waals surface area contributed by atoms with Crippen LogP contribution in [0, 0.1) is 6.92 Å². The largest absolute Gasteiger partial charge is 0.324 e. The topological polar surface area (TPSA) is 75.3 Å². The Kier molecular flexibility index (Phi) is 3.87. The minimum Gasteiger partial charge on any atom is -0.324 e. The quantitative estimate of drug-likeness (QED) is 0.279. The first-order valence-electron chi connectivity index (χ1n) is 4.46. The minimum absolute atomic E-state index is 0.545. The number of rotatable bonds is 2. The second-order valence-corrected chi connectivity index (χ2v) is 2.78. The molecule has 0 fully saturated rings. The van der Waals surface area contributed by atoms with Crippen LogP contribution >= 0.6 is 0 Å². The van der Waals surface area contributed by atoms with Gasteiger partial charge in [0.2, 0.25) is 5.96 Å². The van der Waals surface area contributed by atoms with Crippen LogP contribution in [-0.4, -0.2) is 17.5 Å². The van der Waals surface area contributed by atoms with Crippen molar-refractivity contribution in [3.05, 3.63) is 24.0 Å². The molecule has 0 saturated carbocycles. The van der Waals surface area contributed by atoms with E-state index in [1.165, 1.54) is 0 Å². The summed E-state index contributed by atoms with van der Waals surface area (Å²) in [6.07, 6.45) is 3.48. The third kappa shape index (κ3) is 2.70. The zero-order valence-electron chi connectivity index (χ0n) is 8.41. The van der Waals surface area contributed by atoms with E-state index in [4.69, 9.17) is 5.84 Å². The van der Waals surface area contributed by atoms with E-state index in [2.05, 4.69) is 20.7 Å². The number of nitrogens with one attached hydrogen (secondary N) is 2. The number of aryl methyl sites for hydroxylation is 1. The zero-order valence-corrected chi connectivity index (χ0v) is 8.41. The molecule has 0 aliphatic heterocycles. The first-order chi connectivity index (χ1) is 6.77. The van der Waals surface area contributed by atoms with Crippen LogP contribution in [0.25, 0.3) is 0 Å². The van der Waals surface area contributed by atoms with Gasteiger partial charge >= 0.3 is 0 Å². The van der Waals surface area contributed by atoms with Crippen LogP contribution in [0.1, 0.15) is 12.5 Å². The minimum atomic E-state index is 0.545. The standard InChI is InChI=1S/C9H15N5/c1-3-12-9(14-10)13-8-6-11-5-4-7(8)2/h4-6H,3,10H2,1-2H3,(H2,12,13,14). The Morgan fingerprint density at radius 3 is 3.00 bits per heavy atom. The summed E-state index contributed by atoms with van der Waals surface area (Å²) in [5.41, 5.74) is 4.49. The first kappa shape index (κ1) is 10.5. The molecule has 5 nitrogen and oxygen atoms in total. The number of guanidine groups is 1. The summed E-state index contributed by atoms with van der Waals surface area (Å²) >= 11 is 0. The number of nitrogens with zero attached hydrogens (tertiary/aromatic N) is 2. The van der Waals surface area contributed by atoms with E-state index in [9.17, 15) is 0 Å². The molecule has 0 bridgehead atoms. The van der Waals surface area contributed by atoms with E-state index in [0.717, 1.165) is 11.3 Å². The van der Waals surface area contributed by atoms with Crippen LogP contribution in [0.5, 0.6) is 0 Å². The first-order valence-corrected chi connectivity index (χ1v) is 4.46. The zero-order chi connectivity index (χ0) is 10.4. The highest BCUT2D eigenvalue weighted by Gasteiger charge is 1.99. The van der Waals surface area contributed by atoms with Gasteiger partial charge in [-0.2, -0.15) is 0 Å². The number of aromatic nitrogens is 1. The van der Waals surface area contributed by atoms with Gasteiger partial charge in [-0.25, -0.2) is 5.84 Å². The van der Waals surface area contributed by atoms with Gasteiger partial charge in [-0.1, -0.05) is 0 Å². The van der Waals surface area contributed by atoms with Crippen LogP contribution in [0.4, 0.5) is 5.69 Å². The molecule has 0 atom stereocenters. The Morgan fingerprint density at radius 1 is 1.64 bits per heavy atom. The molecule has 0 radical (unpaired) electrons. The second kappa shape index (κ2) is 5.18. The fourth-order valence-corrected chi connectivity index (χ4v) is 1.00. The maximum atomic E-state index is 5.29. The Morgan fingerprint density at radius 2 is 2.43 bits per heavy atom. The molecule has 0 spiro atoms. The summed E-state index contributed by atoms with van der Waals surface area (Å²) < 4.78 is 0. The predicted molar refractivity (Wildman–Crippen MR) is 57.9 cm³/mol. The van der Waals surface area contributed by atoms with Gasteiger partial charge in [0.05, 0.1) is 11.9 Å². The van der Waals surface area contributed by atoms with Crippen molar-refractivity contribution < 1.29 is 0 Å². The fraction of sp³-hybridized carbons (Fsp3) is 0.333. The molecular formula is C9H15N5. The van der Waals surface area contributed by atoms with Gasteiger partial charge in [-0.15, -0.1) is 0 Å². The third-order valence-electron chi connectivity index (χ3n) is 1.75. The Hall–Kier alpha value is -1.62. The van der Waals surface area contributed by atoms with Crippen molar-refractivity contribution in [3.8, 4) is 0 Å². The van der Waals surface area contributed by atoms with Crippen LogP contribution in [0.3, 0.4) is 0 Å². The lowest BCUT2D eigenvalue weighted by Gasteiger charge is -2.10. The third-order valence-corrected chi connectivity index (χ3v) is 1.75. The predicted octanol–water partition coefficient (Wildman–Crippen LogP) is 0.641. The van der Waals surface area contributed by atoms with Crippen molar-refractivity contribution in [2.75, 3.05) is 11.9 Å². The van der Waals surface area contributed by atoms with Gasteiger partial charge in [0.15, 0.2) is 0 Å². The lowest BCUT2D eigenvalue weighted by Crippen LogP contribution is -2.36. The van der Waals surface area contributed by atoms with E-state index in [-0.39, 0.29) is 0 Å². The van der Waals surface area contributed by atoms with Crippen molar-refractivity contribution in [3.63, 3.8) is 0 Å². The molecule has 0 aromatic carbocycles. The summed E-state index contributed by atoms with van der Waals surface area (Å²) in [4.78, 5) is 8.13. The maximum absolute atomic E-state index is 5.29. The summed E-state index contributed by atoms with van der Waals surface area (Å²) in [5.74, 6) is 5.84. The van der Waals surface area contributed by atoms with Crippen LogP contribution in [0.2, 0.25) is 0 Å². The highest BCUT2D eigenvalue weighted by molar-refractivity contribution is 5.93. The molecule has 5 heteroatoms. The fourth-order valence-electron chi connectivity index (χ4n) is 1.00. The average molecular weight is 193 g/mol. The number of hydrogen-bond donors (Lipinski definition) is 3. The molecule has 0 amide bonds. The monoisotopic (exact) mass is 193 g/mol. The molecule has 4 N–H and O–H groups in total. The lowest BCUT2D eigenvalue weighted by molar-refractivity contribution is 0.985. The number of anilines is 1. The van der Waals surface area contributed by atoms with E-state index in [0.29, 0.717) is 12.5 Å². The van der Waals surface area contributed by atoms with Gasteiger partial charge in [0.25, 0.3) is 0 Å². The number of hydrazine groups is 1. The molecule has 0 saturated heterocycles. The summed E-state index contributed by atoms with van der Waals surface area (Å²) in [6, 6.07) is 1.92. The van der Waals surface area contributed by atoms with Crippen molar-refractivity contribution in [1.29, 1.82) is 0 Å². The number of pyridine rings is 1. The van der Waals surface area contributed by atoms with E-state index in [1.807, 2.05) is 19.9 Å². The summed E-state index contributed by atoms with van der Waals surface area (Å²) in [5, 5.41) is 3.05. The molecule has 0 unspecified atom stereocenters. The summed E-state index contributed by atoms with van der Waals surface area (Å²) in [6.45, 7) is 4.60. The van der Waals surface area contributed by atoms with E-state index >= 15 is 0 Å². The lowest BCUT2D eigenvalue weighted by atomic mass is 10.2. The van der Waals surface area contributed by atoms with Gasteiger partial charge < -0.3 is 5.32 Å². The molecule has 76 valence electrons. The van der Waals surface area contributed by atoms with Crippen molar-refractivity contribution in [1.82, 2.24) is 10.4 Å². The van der Waals surface area contributed by atoms with Gasteiger partial charge in [-0.05, 0) is 25.5 Å². The number of hydrogen-bond acceptors (Lipinski definition) is 3. The molecule has 1 rings (SSSR count). The van der Waals surface area contributed by atoms with Gasteiger partial charge in [-0.3, -0.25) is 15.4 Å². The molecular weight excluding hydrogens is 178 g/mol. The second-order valence-electron chi connectivity index (χ2n) is 2.78. The van der Waals surface area contributed by atoms with Crippen LogP contribution < -0.4 is 16.6 Å². The van der Waals surface area contributed by atoms with E-state index < -0.39 is 0 Å². The van der Waals surface area contributed by atoms with Gasteiger partial charge in [0.1, 0.15) is 0 Å². The molecule has 1 aromatic heterocycles. The van der Waals surface area contributed by atoms with Crippen LogP contribution in [0.15, 0.2) is 23.5 Å². The average Bonchev–Trinajstić information content (AvgIpc) is 2.20. The van der Waals surface area contributed by atoms with Crippen molar-refractivity contribution in [2.24, 2.45) is 10.8 Å². The van der Waals surface area contributed by atoms with Crippen LogP contribution in [-0.2, 0) is 0 Å². The molecule has 14 heavy (non-hydrogen) atoms. The Bertz CT molecular complexity index is 321.